The zero-order valence-electron chi connectivity index (χ0n) is 16.2. The van der Waals surface area contributed by atoms with Crippen LogP contribution in [-0.4, -0.2) is 19.1 Å². The molecule has 4 rings (SSSR count). The number of ether oxygens (including phenoxy) is 2. The van der Waals surface area contributed by atoms with Gasteiger partial charge in [-0.25, -0.2) is 0 Å². The number of benzene rings is 3. The second kappa shape index (κ2) is 8.18. The Labute approximate surface area is 175 Å². The maximum atomic E-state index is 12.5. The van der Waals surface area contributed by atoms with Crippen molar-refractivity contribution in [3.8, 4) is 11.5 Å². The van der Waals surface area contributed by atoms with Crippen LogP contribution in [-0.2, 0) is 4.79 Å². The molecule has 0 aromatic heterocycles. The summed E-state index contributed by atoms with van der Waals surface area (Å²) in [5, 5.41) is 5.78. The first kappa shape index (κ1) is 19.3. The number of anilines is 1. The number of nitrogens with one attached hydrogen (secondary N) is 1. The summed E-state index contributed by atoms with van der Waals surface area (Å²) in [7, 11) is 0. The Balaban J connectivity index is 1.89. The highest BCUT2D eigenvalue weighted by atomic mass is 35.5. The first-order valence-electron chi connectivity index (χ1n) is 9.63. The Morgan fingerprint density at radius 3 is 2.76 bits per heavy atom. The van der Waals surface area contributed by atoms with Gasteiger partial charge in [-0.2, -0.15) is 0 Å². The Bertz CT molecular complexity index is 1090. The summed E-state index contributed by atoms with van der Waals surface area (Å²) in [6.45, 7) is 6.46. The fraction of sp³-hybridized carbons (Fsp3) is 0.208. The molecule has 29 heavy (non-hydrogen) atoms. The van der Waals surface area contributed by atoms with E-state index in [4.69, 9.17) is 21.1 Å². The maximum Gasteiger partial charge on any atom is 0.225 e. The molecule has 5 heteroatoms. The molecule has 0 bridgehead atoms. The van der Waals surface area contributed by atoms with E-state index in [-0.39, 0.29) is 11.8 Å². The number of amides is 1. The molecule has 0 unspecified atom stereocenters. The molecule has 0 radical (unpaired) electrons. The van der Waals surface area contributed by atoms with Gasteiger partial charge in [-0.1, -0.05) is 54.6 Å². The minimum Gasteiger partial charge on any atom is -0.490 e. The van der Waals surface area contributed by atoms with E-state index in [1.54, 1.807) is 12.1 Å². The molecule has 148 valence electrons. The Morgan fingerprint density at radius 1 is 1.17 bits per heavy atom. The normalized spacial score (nSPS) is 15.5. The van der Waals surface area contributed by atoms with Gasteiger partial charge in [0.1, 0.15) is 6.61 Å². The van der Waals surface area contributed by atoms with Crippen LogP contribution < -0.4 is 14.8 Å². The van der Waals surface area contributed by atoms with Crippen LogP contribution in [0.1, 0.15) is 30.4 Å². The van der Waals surface area contributed by atoms with Crippen molar-refractivity contribution < 1.29 is 14.3 Å². The number of rotatable bonds is 6. The quantitative estimate of drug-likeness (QED) is 0.515. The van der Waals surface area contributed by atoms with Crippen molar-refractivity contribution in [2.24, 2.45) is 0 Å². The lowest BCUT2D eigenvalue weighted by Crippen LogP contribution is -2.24. The average Bonchev–Trinajstić information content (AvgIpc) is 2.73. The summed E-state index contributed by atoms with van der Waals surface area (Å²) in [4.78, 5) is 12.5. The lowest BCUT2D eigenvalue weighted by atomic mass is 9.82. The number of carbonyl (C=O) groups is 1. The molecule has 1 heterocycles. The molecule has 0 saturated carbocycles. The van der Waals surface area contributed by atoms with Gasteiger partial charge in [0, 0.05) is 29.1 Å². The number of fused-ring (bicyclic) bond motifs is 3. The van der Waals surface area contributed by atoms with E-state index < -0.39 is 0 Å². The van der Waals surface area contributed by atoms with Gasteiger partial charge in [-0.3, -0.25) is 4.79 Å². The second-order valence-corrected chi connectivity index (χ2v) is 7.31. The Kier molecular flexibility index (Phi) is 5.45. The first-order valence-corrected chi connectivity index (χ1v) is 10.0. The van der Waals surface area contributed by atoms with Crippen LogP contribution in [0.15, 0.2) is 61.2 Å². The first-order chi connectivity index (χ1) is 14.1. The van der Waals surface area contributed by atoms with Gasteiger partial charge in [0.2, 0.25) is 5.91 Å². The molecular formula is C24H22ClNO3. The molecule has 3 aromatic rings. The molecule has 3 aromatic carbocycles. The molecule has 1 atom stereocenters. The molecule has 1 aliphatic heterocycles. The minimum atomic E-state index is -0.176. The molecule has 0 spiro atoms. The number of carbonyl (C=O) groups excluding carboxylic acids is 1. The average molecular weight is 408 g/mol. The highest BCUT2D eigenvalue weighted by Crippen LogP contribution is 2.46. The Morgan fingerprint density at radius 2 is 1.97 bits per heavy atom. The topological polar surface area (TPSA) is 47.6 Å². The predicted molar refractivity (Wildman–Crippen MR) is 117 cm³/mol. The largest absolute Gasteiger partial charge is 0.490 e. The summed E-state index contributed by atoms with van der Waals surface area (Å²) in [5.41, 5.74) is 2.76. The fourth-order valence-electron chi connectivity index (χ4n) is 3.88. The summed E-state index contributed by atoms with van der Waals surface area (Å²) >= 11 is 6.69. The fourth-order valence-corrected chi connectivity index (χ4v) is 4.17. The molecule has 1 amide bonds. The van der Waals surface area contributed by atoms with Gasteiger partial charge in [-0.05, 0) is 41.0 Å². The van der Waals surface area contributed by atoms with Gasteiger partial charge in [0.05, 0.1) is 6.61 Å². The lowest BCUT2D eigenvalue weighted by Gasteiger charge is -2.29. The number of hydrogen-bond acceptors (Lipinski definition) is 3. The molecule has 0 saturated heterocycles. The van der Waals surface area contributed by atoms with Crippen LogP contribution in [0.25, 0.3) is 10.8 Å². The van der Waals surface area contributed by atoms with Crippen LogP contribution in [0.4, 0.5) is 5.69 Å². The second-order valence-electron chi connectivity index (χ2n) is 6.91. The van der Waals surface area contributed by atoms with Crippen molar-refractivity contribution in [3.63, 3.8) is 0 Å². The van der Waals surface area contributed by atoms with E-state index in [9.17, 15) is 4.79 Å². The van der Waals surface area contributed by atoms with Crippen LogP contribution >= 0.6 is 11.6 Å². The summed E-state index contributed by atoms with van der Waals surface area (Å²) < 4.78 is 11.5. The van der Waals surface area contributed by atoms with Crippen LogP contribution in [0.3, 0.4) is 0 Å². The predicted octanol–water partition coefficient (Wildman–Crippen LogP) is 5.93. The SMILES string of the molecule is C=CCOc1cc(Cl)c([C@@H]2CC(=O)Nc3ccc4ccccc4c32)cc1OCC. The van der Waals surface area contributed by atoms with Crippen molar-refractivity contribution in [1.82, 2.24) is 0 Å². The Hall–Kier alpha value is -2.98. The summed E-state index contributed by atoms with van der Waals surface area (Å²) in [6.07, 6.45) is 1.99. The van der Waals surface area contributed by atoms with Crippen LogP contribution in [0.2, 0.25) is 5.02 Å². The third kappa shape index (κ3) is 3.68. The van der Waals surface area contributed by atoms with Crippen molar-refractivity contribution >= 4 is 34.0 Å². The van der Waals surface area contributed by atoms with E-state index in [1.807, 2.05) is 37.3 Å². The van der Waals surface area contributed by atoms with Crippen LogP contribution in [0, 0.1) is 0 Å². The standard InChI is InChI=1S/C24H22ClNO3/c1-3-11-29-22-14-19(25)17(12-21(22)28-4-2)18-13-23(27)26-20-10-9-15-7-5-6-8-16(15)24(18)20/h3,5-10,12,14,18H,1,4,11,13H2,2H3,(H,26,27)/t18-/m0/s1. The van der Waals surface area contributed by atoms with Gasteiger partial charge >= 0.3 is 0 Å². The molecule has 1 N–H and O–H groups in total. The van der Waals surface area contributed by atoms with E-state index in [2.05, 4.69) is 24.0 Å². The zero-order chi connectivity index (χ0) is 20.4. The molecule has 4 nitrogen and oxygen atoms in total. The van der Waals surface area contributed by atoms with Gasteiger partial charge < -0.3 is 14.8 Å². The number of hydrogen-bond donors (Lipinski definition) is 1. The van der Waals surface area contributed by atoms with E-state index >= 15 is 0 Å². The van der Waals surface area contributed by atoms with E-state index in [1.165, 1.54) is 0 Å². The van der Waals surface area contributed by atoms with Gasteiger partial charge in [0.15, 0.2) is 11.5 Å². The van der Waals surface area contributed by atoms with E-state index in [0.29, 0.717) is 36.2 Å². The van der Waals surface area contributed by atoms with Crippen molar-refractivity contribution in [1.29, 1.82) is 0 Å². The third-order valence-corrected chi connectivity index (χ3v) is 5.41. The molecule has 1 aliphatic rings. The van der Waals surface area contributed by atoms with Crippen molar-refractivity contribution in [2.75, 3.05) is 18.5 Å². The highest BCUT2D eigenvalue weighted by Gasteiger charge is 2.30. The monoisotopic (exact) mass is 407 g/mol. The van der Waals surface area contributed by atoms with Gasteiger partial charge in [-0.15, -0.1) is 0 Å². The van der Waals surface area contributed by atoms with E-state index in [0.717, 1.165) is 27.6 Å². The van der Waals surface area contributed by atoms with Gasteiger partial charge in [0.25, 0.3) is 0 Å². The molecule has 0 aliphatic carbocycles. The lowest BCUT2D eigenvalue weighted by molar-refractivity contribution is -0.116. The third-order valence-electron chi connectivity index (χ3n) is 5.08. The number of halogens is 1. The van der Waals surface area contributed by atoms with Crippen molar-refractivity contribution in [2.45, 2.75) is 19.3 Å². The minimum absolute atomic E-state index is 0.0289. The summed E-state index contributed by atoms with van der Waals surface area (Å²) in [6, 6.07) is 15.8. The smallest absolute Gasteiger partial charge is 0.225 e. The highest BCUT2D eigenvalue weighted by molar-refractivity contribution is 6.31. The molecular weight excluding hydrogens is 386 g/mol. The van der Waals surface area contributed by atoms with Crippen molar-refractivity contribution in [3.05, 3.63) is 77.3 Å². The van der Waals surface area contributed by atoms with Crippen LogP contribution in [0.5, 0.6) is 11.5 Å². The molecule has 0 fully saturated rings. The summed E-state index contributed by atoms with van der Waals surface area (Å²) in [5.74, 6) is 0.976. The maximum absolute atomic E-state index is 12.5. The zero-order valence-corrected chi connectivity index (χ0v) is 17.0.